The SMILES string of the molecule is COc1cc2c(cc1OC)CN(C(=O)c1ccc(C)[nH]c1=O)CC2. The van der Waals surface area contributed by atoms with Crippen LogP contribution in [0.5, 0.6) is 11.5 Å². The second-order valence-electron chi connectivity index (χ2n) is 5.84. The summed E-state index contributed by atoms with van der Waals surface area (Å²) < 4.78 is 10.7. The van der Waals surface area contributed by atoms with Crippen LogP contribution in [0.4, 0.5) is 0 Å². The lowest BCUT2D eigenvalue weighted by molar-refractivity contribution is 0.0732. The normalized spacial score (nSPS) is 13.4. The molecule has 3 rings (SSSR count). The number of carbonyl (C=O) groups is 1. The number of aryl methyl sites for hydroxylation is 1. The summed E-state index contributed by atoms with van der Waals surface area (Å²) in [6, 6.07) is 7.17. The Morgan fingerprint density at radius 2 is 1.79 bits per heavy atom. The van der Waals surface area contributed by atoms with Crippen LogP contribution >= 0.6 is 0 Å². The van der Waals surface area contributed by atoms with Crippen molar-refractivity contribution >= 4 is 5.91 Å². The summed E-state index contributed by atoms with van der Waals surface area (Å²) in [5.74, 6) is 1.07. The molecule has 0 fully saturated rings. The maximum atomic E-state index is 12.7. The van der Waals surface area contributed by atoms with Gasteiger partial charge in [0.2, 0.25) is 0 Å². The summed E-state index contributed by atoms with van der Waals surface area (Å²) in [6.45, 7) is 2.79. The van der Waals surface area contributed by atoms with E-state index in [2.05, 4.69) is 4.98 Å². The van der Waals surface area contributed by atoms with Crippen LogP contribution in [-0.2, 0) is 13.0 Å². The van der Waals surface area contributed by atoms with Gasteiger partial charge in [-0.3, -0.25) is 9.59 Å². The summed E-state index contributed by atoms with van der Waals surface area (Å²) in [4.78, 5) is 29.0. The van der Waals surface area contributed by atoms with E-state index in [1.165, 1.54) is 0 Å². The van der Waals surface area contributed by atoms with Crippen LogP contribution in [0, 0.1) is 6.92 Å². The van der Waals surface area contributed by atoms with Crippen molar-refractivity contribution < 1.29 is 14.3 Å². The molecule has 1 aromatic heterocycles. The largest absolute Gasteiger partial charge is 0.493 e. The fourth-order valence-corrected chi connectivity index (χ4v) is 2.97. The van der Waals surface area contributed by atoms with Crippen LogP contribution in [0.2, 0.25) is 0 Å². The smallest absolute Gasteiger partial charge is 0.260 e. The van der Waals surface area contributed by atoms with Gasteiger partial charge in [-0.25, -0.2) is 0 Å². The van der Waals surface area contributed by atoms with E-state index in [1.807, 2.05) is 12.1 Å². The van der Waals surface area contributed by atoms with E-state index < -0.39 is 0 Å². The van der Waals surface area contributed by atoms with E-state index in [0.717, 1.165) is 16.8 Å². The van der Waals surface area contributed by atoms with Crippen molar-refractivity contribution in [2.24, 2.45) is 0 Å². The Balaban J connectivity index is 1.89. The highest BCUT2D eigenvalue weighted by atomic mass is 16.5. The topological polar surface area (TPSA) is 71.6 Å². The monoisotopic (exact) mass is 328 g/mol. The standard InChI is InChI=1S/C18H20N2O4/c1-11-4-5-14(17(21)19-11)18(22)20-7-6-12-8-15(23-2)16(24-3)9-13(12)10-20/h4-5,8-9H,6-7,10H2,1-3H3,(H,19,21). The first-order chi connectivity index (χ1) is 11.5. The molecule has 1 N–H and O–H groups in total. The molecule has 0 radical (unpaired) electrons. The third kappa shape index (κ3) is 2.87. The van der Waals surface area contributed by atoms with Gasteiger partial charge in [-0.2, -0.15) is 0 Å². The Morgan fingerprint density at radius 1 is 1.12 bits per heavy atom. The molecule has 0 unspecified atom stereocenters. The molecule has 1 aliphatic rings. The number of nitrogens with one attached hydrogen (secondary N) is 1. The number of fused-ring (bicyclic) bond motifs is 1. The van der Waals surface area contributed by atoms with Crippen LogP contribution in [-0.4, -0.2) is 36.6 Å². The number of hydrogen-bond acceptors (Lipinski definition) is 4. The van der Waals surface area contributed by atoms with Crippen molar-refractivity contribution in [3.8, 4) is 11.5 Å². The third-order valence-corrected chi connectivity index (χ3v) is 4.29. The van der Waals surface area contributed by atoms with Crippen molar-refractivity contribution in [3.05, 3.63) is 57.0 Å². The van der Waals surface area contributed by atoms with Gasteiger partial charge in [-0.15, -0.1) is 0 Å². The fourth-order valence-electron chi connectivity index (χ4n) is 2.97. The highest BCUT2D eigenvalue weighted by Gasteiger charge is 2.25. The first-order valence-corrected chi connectivity index (χ1v) is 7.76. The number of carbonyl (C=O) groups excluding carboxylic acids is 1. The molecule has 1 aromatic carbocycles. The zero-order valence-electron chi connectivity index (χ0n) is 14.0. The predicted octanol–water partition coefficient (Wildman–Crippen LogP) is 1.90. The lowest BCUT2D eigenvalue weighted by atomic mass is 9.98. The molecule has 0 aliphatic carbocycles. The Bertz CT molecular complexity index is 841. The molecule has 2 heterocycles. The molecular weight excluding hydrogens is 308 g/mol. The minimum absolute atomic E-state index is 0.171. The number of amides is 1. The lowest BCUT2D eigenvalue weighted by Gasteiger charge is -2.29. The van der Waals surface area contributed by atoms with Crippen molar-refractivity contribution in [3.63, 3.8) is 0 Å². The zero-order chi connectivity index (χ0) is 17.3. The Kier molecular flexibility index (Phi) is 4.29. The van der Waals surface area contributed by atoms with E-state index in [1.54, 1.807) is 38.2 Å². The first kappa shape index (κ1) is 16.1. The highest BCUT2D eigenvalue weighted by molar-refractivity contribution is 5.94. The molecule has 1 amide bonds. The highest BCUT2D eigenvalue weighted by Crippen LogP contribution is 2.33. The minimum atomic E-state index is -0.349. The second kappa shape index (κ2) is 6.39. The second-order valence-corrected chi connectivity index (χ2v) is 5.84. The van der Waals surface area contributed by atoms with Crippen LogP contribution < -0.4 is 15.0 Å². The molecular formula is C18H20N2O4. The molecule has 24 heavy (non-hydrogen) atoms. The van der Waals surface area contributed by atoms with Gasteiger partial charge in [0.05, 0.1) is 14.2 Å². The molecule has 6 nitrogen and oxygen atoms in total. The lowest BCUT2D eigenvalue weighted by Crippen LogP contribution is -2.38. The van der Waals surface area contributed by atoms with Crippen molar-refractivity contribution in [1.82, 2.24) is 9.88 Å². The van der Waals surface area contributed by atoms with Crippen LogP contribution in [0.3, 0.4) is 0 Å². The maximum absolute atomic E-state index is 12.7. The van der Waals surface area contributed by atoms with Crippen molar-refractivity contribution in [2.45, 2.75) is 19.9 Å². The van der Waals surface area contributed by atoms with Gasteiger partial charge in [0, 0.05) is 18.8 Å². The maximum Gasteiger partial charge on any atom is 0.260 e. The molecule has 0 saturated heterocycles. The molecule has 2 aromatic rings. The molecule has 1 aliphatic heterocycles. The number of H-pyrrole nitrogens is 1. The van der Waals surface area contributed by atoms with Crippen LogP contribution in [0.25, 0.3) is 0 Å². The number of nitrogens with zero attached hydrogens (tertiary/aromatic N) is 1. The molecule has 0 spiro atoms. The van der Waals surface area contributed by atoms with Crippen LogP contribution in [0.1, 0.15) is 27.2 Å². The Hall–Kier alpha value is -2.76. The summed E-state index contributed by atoms with van der Waals surface area (Å²) >= 11 is 0. The van der Waals surface area contributed by atoms with Gasteiger partial charge in [0.1, 0.15) is 5.56 Å². The summed E-state index contributed by atoms with van der Waals surface area (Å²) in [5, 5.41) is 0. The van der Waals surface area contributed by atoms with E-state index in [0.29, 0.717) is 31.0 Å². The van der Waals surface area contributed by atoms with E-state index >= 15 is 0 Å². The molecule has 0 saturated carbocycles. The number of pyridine rings is 1. The number of aromatic nitrogens is 1. The number of aromatic amines is 1. The van der Waals surface area contributed by atoms with Crippen molar-refractivity contribution in [2.75, 3.05) is 20.8 Å². The Morgan fingerprint density at radius 3 is 2.42 bits per heavy atom. The van der Waals surface area contributed by atoms with Gasteiger partial charge < -0.3 is 19.4 Å². The molecule has 6 heteroatoms. The quantitative estimate of drug-likeness (QED) is 0.934. The summed E-state index contributed by atoms with van der Waals surface area (Å²) in [6.07, 6.45) is 0.713. The van der Waals surface area contributed by atoms with E-state index in [9.17, 15) is 9.59 Å². The van der Waals surface area contributed by atoms with Gasteiger partial charge in [-0.05, 0) is 48.7 Å². The predicted molar refractivity (Wildman–Crippen MR) is 89.8 cm³/mol. The van der Waals surface area contributed by atoms with E-state index in [4.69, 9.17) is 9.47 Å². The zero-order valence-corrected chi connectivity index (χ0v) is 14.0. The number of methoxy groups -OCH3 is 2. The average molecular weight is 328 g/mol. The van der Waals surface area contributed by atoms with E-state index in [-0.39, 0.29) is 17.0 Å². The number of benzene rings is 1. The number of hydrogen-bond donors (Lipinski definition) is 1. The fraction of sp³-hybridized carbons (Fsp3) is 0.333. The van der Waals surface area contributed by atoms with Gasteiger partial charge >= 0.3 is 0 Å². The van der Waals surface area contributed by atoms with Gasteiger partial charge in [0.25, 0.3) is 11.5 Å². The number of rotatable bonds is 3. The Labute approximate surface area is 140 Å². The average Bonchev–Trinajstić information content (AvgIpc) is 2.59. The van der Waals surface area contributed by atoms with Crippen molar-refractivity contribution in [1.29, 1.82) is 0 Å². The molecule has 0 bridgehead atoms. The summed E-state index contributed by atoms with van der Waals surface area (Å²) in [7, 11) is 3.19. The van der Waals surface area contributed by atoms with Gasteiger partial charge in [-0.1, -0.05) is 0 Å². The molecule has 126 valence electrons. The molecule has 0 atom stereocenters. The summed E-state index contributed by atoms with van der Waals surface area (Å²) in [5.41, 5.74) is 2.70. The number of ether oxygens (including phenoxy) is 2. The van der Waals surface area contributed by atoms with Gasteiger partial charge in [0.15, 0.2) is 11.5 Å². The van der Waals surface area contributed by atoms with Crippen LogP contribution in [0.15, 0.2) is 29.1 Å². The minimum Gasteiger partial charge on any atom is -0.493 e. The third-order valence-electron chi connectivity index (χ3n) is 4.29. The first-order valence-electron chi connectivity index (χ1n) is 7.76.